The minimum Gasteiger partial charge on any atom is -0.299 e. The highest BCUT2D eigenvalue weighted by atomic mass is 16.1. The van der Waals surface area contributed by atoms with E-state index in [4.69, 9.17) is 0 Å². The summed E-state index contributed by atoms with van der Waals surface area (Å²) < 4.78 is 0. The molecule has 21 heavy (non-hydrogen) atoms. The Morgan fingerprint density at radius 3 is 2.52 bits per heavy atom. The lowest BCUT2D eigenvalue weighted by molar-refractivity contribution is -0.126. The van der Waals surface area contributed by atoms with E-state index in [-0.39, 0.29) is 0 Å². The van der Waals surface area contributed by atoms with E-state index in [1.54, 1.807) is 0 Å². The van der Waals surface area contributed by atoms with Crippen LogP contribution in [0.5, 0.6) is 0 Å². The predicted octanol–water partition coefficient (Wildman–Crippen LogP) is 3.97. The normalized spacial score (nSPS) is 27.2. The fourth-order valence-electron chi connectivity index (χ4n) is 4.04. The molecule has 2 aliphatic rings. The maximum absolute atomic E-state index is 12.2. The third-order valence-electron chi connectivity index (χ3n) is 5.30. The van der Waals surface area contributed by atoms with Crippen LogP contribution in [0.25, 0.3) is 0 Å². The first-order chi connectivity index (χ1) is 10.3. The summed E-state index contributed by atoms with van der Waals surface area (Å²) in [6.45, 7) is 4.36. The summed E-state index contributed by atoms with van der Waals surface area (Å²) >= 11 is 0. The van der Waals surface area contributed by atoms with Crippen molar-refractivity contribution >= 4 is 5.78 Å². The average Bonchev–Trinajstić information content (AvgIpc) is 2.96. The van der Waals surface area contributed by atoms with Crippen molar-refractivity contribution in [3.63, 3.8) is 0 Å². The van der Waals surface area contributed by atoms with Crippen LogP contribution in [-0.2, 0) is 17.8 Å². The Morgan fingerprint density at radius 1 is 1.05 bits per heavy atom. The zero-order valence-corrected chi connectivity index (χ0v) is 13.2. The van der Waals surface area contributed by atoms with Crippen molar-refractivity contribution in [2.24, 2.45) is 5.92 Å². The van der Waals surface area contributed by atoms with Gasteiger partial charge in [-0.2, -0.15) is 0 Å². The number of nitrogens with zero attached hydrogens (tertiary/aromatic N) is 1. The van der Waals surface area contributed by atoms with Gasteiger partial charge in [0, 0.05) is 24.9 Å². The standard InChI is InChI=1S/C19H27NO/c1-2-15-9-11-16(12-10-15)14-20-13-5-7-18(20)17-6-3-4-8-19(17)21/h9-12,17-18H,2-8,13-14H2,1H3. The third kappa shape index (κ3) is 3.37. The summed E-state index contributed by atoms with van der Waals surface area (Å²) in [5.41, 5.74) is 2.79. The van der Waals surface area contributed by atoms with E-state index in [0.717, 1.165) is 38.8 Å². The van der Waals surface area contributed by atoms with Crippen LogP contribution in [0, 0.1) is 5.92 Å². The number of aryl methyl sites for hydroxylation is 1. The highest BCUT2D eigenvalue weighted by molar-refractivity contribution is 5.82. The van der Waals surface area contributed by atoms with Gasteiger partial charge in [0.05, 0.1) is 0 Å². The Hall–Kier alpha value is -1.15. The van der Waals surface area contributed by atoms with Gasteiger partial charge >= 0.3 is 0 Å². The Bertz CT molecular complexity index is 479. The van der Waals surface area contributed by atoms with Gasteiger partial charge in [0.1, 0.15) is 5.78 Å². The summed E-state index contributed by atoms with van der Waals surface area (Å²) in [4.78, 5) is 14.8. The van der Waals surface area contributed by atoms with E-state index in [9.17, 15) is 4.79 Å². The Labute approximate surface area is 128 Å². The monoisotopic (exact) mass is 285 g/mol. The molecule has 2 fully saturated rings. The molecule has 2 atom stereocenters. The molecule has 1 aliphatic carbocycles. The third-order valence-corrected chi connectivity index (χ3v) is 5.30. The summed E-state index contributed by atoms with van der Waals surface area (Å²) in [7, 11) is 0. The summed E-state index contributed by atoms with van der Waals surface area (Å²) in [6.07, 6.45) is 7.86. The molecule has 2 heteroatoms. The largest absolute Gasteiger partial charge is 0.299 e. The molecule has 2 unspecified atom stereocenters. The first kappa shape index (κ1) is 14.8. The van der Waals surface area contributed by atoms with Crippen molar-refractivity contribution in [2.45, 2.75) is 64.5 Å². The van der Waals surface area contributed by atoms with Gasteiger partial charge < -0.3 is 0 Å². The quantitative estimate of drug-likeness (QED) is 0.834. The lowest BCUT2D eigenvalue weighted by atomic mass is 9.81. The van der Waals surface area contributed by atoms with E-state index in [2.05, 4.69) is 36.1 Å². The molecule has 114 valence electrons. The molecule has 0 bridgehead atoms. The molecule has 1 heterocycles. The van der Waals surface area contributed by atoms with Crippen molar-refractivity contribution in [3.05, 3.63) is 35.4 Å². The maximum Gasteiger partial charge on any atom is 0.137 e. The van der Waals surface area contributed by atoms with E-state index in [0.29, 0.717) is 17.7 Å². The van der Waals surface area contributed by atoms with Gasteiger partial charge in [-0.15, -0.1) is 0 Å². The van der Waals surface area contributed by atoms with Crippen LogP contribution < -0.4 is 0 Å². The maximum atomic E-state index is 12.2. The van der Waals surface area contributed by atoms with Gasteiger partial charge in [-0.05, 0) is 49.8 Å². The predicted molar refractivity (Wildman–Crippen MR) is 86.2 cm³/mol. The Morgan fingerprint density at radius 2 is 1.81 bits per heavy atom. The molecule has 0 amide bonds. The smallest absolute Gasteiger partial charge is 0.137 e. The van der Waals surface area contributed by atoms with E-state index in [1.165, 1.54) is 30.4 Å². The van der Waals surface area contributed by atoms with Gasteiger partial charge in [-0.1, -0.05) is 37.6 Å². The molecule has 1 saturated carbocycles. The second-order valence-corrected chi connectivity index (χ2v) is 6.67. The lowest BCUT2D eigenvalue weighted by Gasteiger charge is -2.33. The zero-order valence-electron chi connectivity index (χ0n) is 13.2. The molecule has 1 aromatic rings. The first-order valence-corrected chi connectivity index (χ1v) is 8.62. The number of ketones is 1. The van der Waals surface area contributed by atoms with Gasteiger partial charge in [-0.3, -0.25) is 9.69 Å². The summed E-state index contributed by atoms with van der Waals surface area (Å²) in [6, 6.07) is 9.51. The van der Waals surface area contributed by atoms with Crippen LogP contribution in [0.3, 0.4) is 0 Å². The van der Waals surface area contributed by atoms with Crippen molar-refractivity contribution < 1.29 is 4.79 Å². The zero-order chi connectivity index (χ0) is 14.7. The molecule has 2 nitrogen and oxygen atoms in total. The fraction of sp³-hybridized carbons (Fsp3) is 0.632. The van der Waals surface area contributed by atoms with Crippen LogP contribution >= 0.6 is 0 Å². The topological polar surface area (TPSA) is 20.3 Å². The van der Waals surface area contributed by atoms with Crippen LogP contribution in [0.1, 0.15) is 56.6 Å². The number of benzene rings is 1. The molecule has 1 aromatic carbocycles. The second-order valence-electron chi connectivity index (χ2n) is 6.67. The highest BCUT2D eigenvalue weighted by Crippen LogP contribution is 2.33. The van der Waals surface area contributed by atoms with Gasteiger partial charge in [0.25, 0.3) is 0 Å². The molecular weight excluding hydrogens is 258 g/mol. The van der Waals surface area contributed by atoms with Gasteiger partial charge in [0.15, 0.2) is 0 Å². The van der Waals surface area contributed by atoms with Crippen molar-refractivity contribution in [2.75, 3.05) is 6.54 Å². The van der Waals surface area contributed by atoms with Crippen LogP contribution in [-0.4, -0.2) is 23.3 Å². The average molecular weight is 285 g/mol. The number of likely N-dealkylation sites (tertiary alicyclic amines) is 1. The van der Waals surface area contributed by atoms with Crippen molar-refractivity contribution in [1.29, 1.82) is 0 Å². The minimum atomic E-state index is 0.316. The molecular formula is C19H27NO. The molecule has 0 aromatic heterocycles. The molecule has 0 radical (unpaired) electrons. The SMILES string of the molecule is CCc1ccc(CN2CCCC2C2CCCCC2=O)cc1. The second kappa shape index (κ2) is 6.74. The fourth-order valence-corrected chi connectivity index (χ4v) is 4.04. The van der Waals surface area contributed by atoms with E-state index < -0.39 is 0 Å². The number of rotatable bonds is 4. The highest BCUT2D eigenvalue weighted by Gasteiger charge is 2.36. The lowest BCUT2D eigenvalue weighted by Crippen LogP contribution is -2.40. The van der Waals surface area contributed by atoms with E-state index >= 15 is 0 Å². The van der Waals surface area contributed by atoms with Crippen LogP contribution in [0.15, 0.2) is 24.3 Å². The number of hydrogen-bond donors (Lipinski definition) is 0. The number of Topliss-reactive ketones (excluding diaryl/α,β-unsaturated/α-hetero) is 1. The Kier molecular flexibility index (Phi) is 4.74. The van der Waals surface area contributed by atoms with Gasteiger partial charge in [0.2, 0.25) is 0 Å². The molecule has 0 N–H and O–H groups in total. The molecule has 1 saturated heterocycles. The van der Waals surface area contributed by atoms with Crippen molar-refractivity contribution in [3.8, 4) is 0 Å². The summed E-state index contributed by atoms with van der Waals surface area (Å²) in [5.74, 6) is 0.843. The number of hydrogen-bond acceptors (Lipinski definition) is 2. The molecule has 1 aliphatic heterocycles. The van der Waals surface area contributed by atoms with Gasteiger partial charge in [-0.25, -0.2) is 0 Å². The van der Waals surface area contributed by atoms with Crippen LogP contribution in [0.2, 0.25) is 0 Å². The first-order valence-electron chi connectivity index (χ1n) is 8.62. The molecule has 3 rings (SSSR count). The van der Waals surface area contributed by atoms with Crippen LogP contribution in [0.4, 0.5) is 0 Å². The minimum absolute atomic E-state index is 0.316. The van der Waals surface area contributed by atoms with E-state index in [1.807, 2.05) is 0 Å². The number of carbonyl (C=O) groups excluding carboxylic acids is 1. The Balaban J connectivity index is 1.67. The summed E-state index contributed by atoms with van der Waals surface area (Å²) in [5, 5.41) is 0. The molecule has 0 spiro atoms. The number of carbonyl (C=O) groups is 1. The van der Waals surface area contributed by atoms with Crippen molar-refractivity contribution in [1.82, 2.24) is 4.90 Å².